The molecule has 7 heteroatoms. The highest BCUT2D eigenvalue weighted by molar-refractivity contribution is 5.84. The lowest BCUT2D eigenvalue weighted by molar-refractivity contribution is -0.146. The summed E-state index contributed by atoms with van der Waals surface area (Å²) in [5.41, 5.74) is 4.69. The Labute approximate surface area is 192 Å². The number of amides is 2. The minimum absolute atomic E-state index is 0.00386. The van der Waals surface area contributed by atoms with Gasteiger partial charge in [0.25, 0.3) is 0 Å². The van der Waals surface area contributed by atoms with Crippen molar-refractivity contribution in [3.63, 3.8) is 0 Å². The number of carboxylic acids is 1. The fourth-order valence-corrected chi connectivity index (χ4v) is 5.30. The fourth-order valence-electron chi connectivity index (χ4n) is 5.30. The van der Waals surface area contributed by atoms with Gasteiger partial charge in [0, 0.05) is 23.9 Å². The van der Waals surface area contributed by atoms with Gasteiger partial charge < -0.3 is 20.1 Å². The minimum atomic E-state index is -0.985. The van der Waals surface area contributed by atoms with E-state index in [2.05, 4.69) is 29.6 Å². The summed E-state index contributed by atoms with van der Waals surface area (Å²) in [5, 5.41) is 12.0. The molecule has 2 fully saturated rings. The molecule has 172 valence electrons. The third kappa shape index (κ3) is 4.45. The van der Waals surface area contributed by atoms with Gasteiger partial charge in [-0.1, -0.05) is 48.5 Å². The Kier molecular flexibility index (Phi) is 5.79. The molecule has 3 aliphatic carbocycles. The molecule has 2 aromatic rings. The standard InChI is InChI=1S/C26H28N2O5/c29-24(30)14-28(18-11-12-18)25(31)16-9-10-17(13-16)27-26(32)33-15-23-21-7-3-1-5-19(21)20-6-2-4-8-22(20)23/h1-8,16-18,23H,9-15H2,(H,27,32)(H,29,30)/t16-,17+/m0/s1. The van der Waals surface area contributed by atoms with Crippen LogP contribution in [0.3, 0.4) is 0 Å². The molecule has 0 unspecified atom stereocenters. The average Bonchev–Trinajstić information content (AvgIpc) is 3.47. The molecule has 2 N–H and O–H groups in total. The zero-order valence-corrected chi connectivity index (χ0v) is 18.4. The molecule has 0 bridgehead atoms. The highest BCUT2D eigenvalue weighted by Gasteiger charge is 2.40. The number of nitrogens with zero attached hydrogens (tertiary/aromatic N) is 1. The second kappa shape index (κ2) is 8.89. The fraction of sp³-hybridized carbons (Fsp3) is 0.423. The molecular formula is C26H28N2O5. The third-order valence-electron chi connectivity index (χ3n) is 7.02. The van der Waals surface area contributed by atoms with E-state index in [9.17, 15) is 14.4 Å². The van der Waals surface area contributed by atoms with Crippen molar-refractivity contribution in [2.75, 3.05) is 13.2 Å². The predicted molar refractivity (Wildman–Crippen MR) is 122 cm³/mol. The van der Waals surface area contributed by atoms with Gasteiger partial charge in [-0.15, -0.1) is 0 Å². The Morgan fingerprint density at radius 1 is 0.939 bits per heavy atom. The largest absolute Gasteiger partial charge is 0.480 e. The molecule has 0 saturated heterocycles. The molecule has 2 aromatic carbocycles. The number of ether oxygens (including phenoxy) is 1. The van der Waals surface area contributed by atoms with Gasteiger partial charge in [0.15, 0.2) is 0 Å². The monoisotopic (exact) mass is 448 g/mol. The number of aliphatic carboxylic acids is 1. The van der Waals surface area contributed by atoms with Gasteiger partial charge >= 0.3 is 12.1 Å². The lowest BCUT2D eigenvalue weighted by atomic mass is 9.98. The van der Waals surface area contributed by atoms with Gasteiger partial charge in [0.05, 0.1) is 0 Å². The molecule has 7 nitrogen and oxygen atoms in total. The highest BCUT2D eigenvalue weighted by atomic mass is 16.5. The van der Waals surface area contributed by atoms with Crippen LogP contribution in [0.1, 0.15) is 49.1 Å². The Hall–Kier alpha value is -3.35. The number of nitrogens with one attached hydrogen (secondary N) is 1. The summed E-state index contributed by atoms with van der Waals surface area (Å²) < 4.78 is 5.62. The van der Waals surface area contributed by atoms with Crippen molar-refractivity contribution in [1.82, 2.24) is 10.2 Å². The molecule has 2 atom stereocenters. The number of benzene rings is 2. The number of carbonyl (C=O) groups excluding carboxylic acids is 2. The van der Waals surface area contributed by atoms with Crippen LogP contribution in [0.4, 0.5) is 4.79 Å². The number of carbonyl (C=O) groups is 3. The van der Waals surface area contributed by atoms with Gasteiger partial charge in [-0.25, -0.2) is 4.79 Å². The Balaban J connectivity index is 1.16. The van der Waals surface area contributed by atoms with Crippen LogP contribution in [0.25, 0.3) is 11.1 Å². The van der Waals surface area contributed by atoms with Gasteiger partial charge in [-0.2, -0.15) is 0 Å². The summed E-state index contributed by atoms with van der Waals surface area (Å²) in [6.07, 6.45) is 3.12. The van der Waals surface area contributed by atoms with Crippen molar-refractivity contribution in [2.45, 2.75) is 50.1 Å². The summed E-state index contributed by atoms with van der Waals surface area (Å²) in [5.74, 6) is -1.33. The zero-order chi connectivity index (χ0) is 22.9. The first kappa shape index (κ1) is 21.5. The van der Waals surface area contributed by atoms with Crippen molar-refractivity contribution < 1.29 is 24.2 Å². The quantitative estimate of drug-likeness (QED) is 0.672. The Morgan fingerprint density at radius 3 is 2.18 bits per heavy atom. The molecular weight excluding hydrogens is 420 g/mol. The number of hydrogen-bond donors (Lipinski definition) is 2. The van der Waals surface area contributed by atoms with Crippen molar-refractivity contribution in [3.05, 3.63) is 59.7 Å². The molecule has 0 heterocycles. The van der Waals surface area contributed by atoms with Crippen LogP contribution in [0.5, 0.6) is 0 Å². The minimum Gasteiger partial charge on any atom is -0.480 e. The summed E-state index contributed by atoms with van der Waals surface area (Å²) >= 11 is 0. The lowest BCUT2D eigenvalue weighted by Gasteiger charge is -2.24. The number of alkyl carbamates (subject to hydrolysis) is 1. The summed E-state index contributed by atoms with van der Waals surface area (Å²) in [6, 6.07) is 16.3. The van der Waals surface area contributed by atoms with Crippen LogP contribution in [0.15, 0.2) is 48.5 Å². The van der Waals surface area contributed by atoms with Gasteiger partial charge in [0.2, 0.25) is 5.91 Å². The highest BCUT2D eigenvalue weighted by Crippen LogP contribution is 2.44. The van der Waals surface area contributed by atoms with Crippen LogP contribution < -0.4 is 5.32 Å². The first-order chi connectivity index (χ1) is 16.0. The second-order valence-electron chi connectivity index (χ2n) is 9.27. The smallest absolute Gasteiger partial charge is 0.407 e. The van der Waals surface area contributed by atoms with E-state index in [1.807, 2.05) is 24.3 Å². The molecule has 5 rings (SSSR count). The van der Waals surface area contributed by atoms with Crippen molar-refractivity contribution in [1.29, 1.82) is 0 Å². The summed E-state index contributed by atoms with van der Waals surface area (Å²) in [4.78, 5) is 38.0. The van der Waals surface area contributed by atoms with E-state index in [1.165, 1.54) is 16.0 Å². The molecule has 3 aliphatic rings. The van der Waals surface area contributed by atoms with Crippen molar-refractivity contribution in [2.24, 2.45) is 5.92 Å². The molecule has 33 heavy (non-hydrogen) atoms. The summed E-state index contributed by atoms with van der Waals surface area (Å²) in [7, 11) is 0. The first-order valence-electron chi connectivity index (χ1n) is 11.6. The predicted octanol–water partition coefficient (Wildman–Crippen LogP) is 3.77. The van der Waals surface area contributed by atoms with Gasteiger partial charge in [-0.05, 0) is 54.4 Å². The topological polar surface area (TPSA) is 95.9 Å². The van der Waals surface area contributed by atoms with E-state index in [-0.39, 0.29) is 43.0 Å². The van der Waals surface area contributed by atoms with Crippen LogP contribution >= 0.6 is 0 Å². The van der Waals surface area contributed by atoms with E-state index >= 15 is 0 Å². The lowest BCUT2D eigenvalue weighted by Crippen LogP contribution is -2.41. The second-order valence-corrected chi connectivity index (χ2v) is 9.27. The molecule has 0 aliphatic heterocycles. The number of hydrogen-bond acceptors (Lipinski definition) is 4. The molecule has 0 aromatic heterocycles. The van der Waals surface area contributed by atoms with E-state index in [0.717, 1.165) is 24.0 Å². The number of carboxylic acid groups (broad SMARTS) is 1. The van der Waals surface area contributed by atoms with Crippen molar-refractivity contribution >= 4 is 18.0 Å². The van der Waals surface area contributed by atoms with Gasteiger partial charge in [-0.3, -0.25) is 9.59 Å². The van der Waals surface area contributed by atoms with Crippen LogP contribution in [-0.2, 0) is 14.3 Å². The van der Waals surface area contributed by atoms with Crippen LogP contribution in [0, 0.1) is 5.92 Å². The number of fused-ring (bicyclic) bond motifs is 3. The Morgan fingerprint density at radius 2 is 1.58 bits per heavy atom. The van der Waals surface area contributed by atoms with Gasteiger partial charge in [0.1, 0.15) is 13.2 Å². The third-order valence-corrected chi connectivity index (χ3v) is 7.02. The van der Waals surface area contributed by atoms with Crippen LogP contribution in [-0.4, -0.2) is 53.2 Å². The normalized spacial score (nSPS) is 21.2. The average molecular weight is 449 g/mol. The molecule has 0 radical (unpaired) electrons. The van der Waals surface area contributed by atoms with E-state index < -0.39 is 12.1 Å². The summed E-state index contributed by atoms with van der Waals surface area (Å²) in [6.45, 7) is 0.00742. The molecule has 0 spiro atoms. The molecule has 2 amide bonds. The maximum Gasteiger partial charge on any atom is 0.407 e. The van der Waals surface area contributed by atoms with E-state index in [0.29, 0.717) is 19.3 Å². The van der Waals surface area contributed by atoms with Crippen LogP contribution in [0.2, 0.25) is 0 Å². The zero-order valence-electron chi connectivity index (χ0n) is 18.4. The van der Waals surface area contributed by atoms with Crippen molar-refractivity contribution in [3.8, 4) is 11.1 Å². The first-order valence-corrected chi connectivity index (χ1v) is 11.6. The van der Waals surface area contributed by atoms with E-state index in [4.69, 9.17) is 9.84 Å². The molecule has 2 saturated carbocycles. The maximum atomic E-state index is 12.8. The van der Waals surface area contributed by atoms with E-state index in [1.54, 1.807) is 0 Å². The number of rotatable bonds is 7. The Bertz CT molecular complexity index is 1030. The maximum absolute atomic E-state index is 12.8. The SMILES string of the molecule is O=C(O)CN(C(=O)[C@H]1CC[C@@H](NC(=O)OCC2c3ccccc3-c3ccccc32)C1)C1CC1.